The van der Waals surface area contributed by atoms with E-state index in [1.165, 1.54) is 36.3 Å². The van der Waals surface area contributed by atoms with Crippen LogP contribution in [0.1, 0.15) is 0 Å². The molecule has 1 nitrogen and oxygen atoms in total. The number of thiophene rings is 1. The minimum atomic E-state index is -1.27. The Bertz CT molecular complexity index is 940. The maximum absolute atomic E-state index is 3.32. The summed E-state index contributed by atoms with van der Waals surface area (Å²) in [6.07, 6.45) is 2.04. The van der Waals surface area contributed by atoms with E-state index in [1.807, 2.05) is 17.5 Å². The van der Waals surface area contributed by atoms with Gasteiger partial charge in [-0.25, -0.2) is 0 Å². The van der Waals surface area contributed by atoms with Gasteiger partial charge in [-0.3, -0.25) is 0 Å². The summed E-state index contributed by atoms with van der Waals surface area (Å²) in [4.78, 5) is 3.32. The fourth-order valence-corrected chi connectivity index (χ4v) is 5.14. The number of H-pyrrole nitrogens is 1. The minimum absolute atomic E-state index is 1.23. The van der Waals surface area contributed by atoms with E-state index in [-0.39, 0.29) is 0 Å². The largest absolute Gasteiger partial charge is 0.361 e. The molecule has 3 heteroatoms. The normalized spacial score (nSPS) is 12.8. The third-order valence-corrected chi connectivity index (χ3v) is 7.21. The summed E-state index contributed by atoms with van der Waals surface area (Å²) in [7, 11) is -1.27. The number of rotatable bonds is 1. The summed E-state index contributed by atoms with van der Waals surface area (Å²) in [6.45, 7) is 7.23. The second kappa shape index (κ2) is 3.96. The Kier molecular flexibility index (Phi) is 2.41. The number of nitrogens with one attached hydrogen (secondary N) is 1. The van der Waals surface area contributed by atoms with Crippen molar-refractivity contribution in [2.24, 2.45) is 0 Å². The third kappa shape index (κ3) is 1.66. The molecule has 4 rings (SSSR count). The van der Waals surface area contributed by atoms with Gasteiger partial charge in [0.15, 0.2) is 0 Å². The molecule has 0 amide bonds. The van der Waals surface area contributed by atoms with Crippen molar-refractivity contribution in [1.29, 1.82) is 0 Å². The van der Waals surface area contributed by atoms with E-state index in [1.54, 1.807) is 0 Å². The van der Waals surface area contributed by atoms with Crippen LogP contribution in [0, 0.1) is 0 Å². The van der Waals surface area contributed by atoms with Crippen molar-refractivity contribution in [3.05, 3.63) is 42.6 Å². The predicted molar refractivity (Wildman–Crippen MR) is 94.2 cm³/mol. The summed E-state index contributed by atoms with van der Waals surface area (Å²) < 4.78 is 2.79. The van der Waals surface area contributed by atoms with Gasteiger partial charge in [0, 0.05) is 37.3 Å². The number of hydrogen-bond acceptors (Lipinski definition) is 1. The molecule has 100 valence electrons. The van der Waals surface area contributed by atoms with E-state index >= 15 is 0 Å². The lowest BCUT2D eigenvalue weighted by atomic mass is 10.1. The quantitative estimate of drug-likeness (QED) is 0.471. The fraction of sp³-hybridized carbons (Fsp3) is 0.176. The molecule has 0 saturated carbocycles. The van der Waals surface area contributed by atoms with Crippen LogP contribution in [0.4, 0.5) is 0 Å². The van der Waals surface area contributed by atoms with Gasteiger partial charge in [-0.05, 0) is 24.3 Å². The van der Waals surface area contributed by atoms with E-state index in [4.69, 9.17) is 0 Å². The van der Waals surface area contributed by atoms with Crippen LogP contribution in [0.15, 0.2) is 42.6 Å². The van der Waals surface area contributed by atoms with Crippen molar-refractivity contribution in [3.8, 4) is 0 Å². The van der Waals surface area contributed by atoms with Gasteiger partial charge < -0.3 is 4.98 Å². The van der Waals surface area contributed by atoms with Gasteiger partial charge in [0.05, 0.1) is 8.07 Å². The van der Waals surface area contributed by atoms with Gasteiger partial charge >= 0.3 is 0 Å². The summed E-state index contributed by atoms with van der Waals surface area (Å²) in [5.74, 6) is 0. The van der Waals surface area contributed by atoms with Crippen molar-refractivity contribution in [1.82, 2.24) is 4.98 Å². The second-order valence-corrected chi connectivity index (χ2v) is 12.6. The third-order valence-electron chi connectivity index (χ3n) is 4.03. The summed E-state index contributed by atoms with van der Waals surface area (Å²) in [5.41, 5.74) is 1.23. The molecule has 1 N–H and O–H groups in total. The van der Waals surface area contributed by atoms with Crippen molar-refractivity contribution in [2.45, 2.75) is 19.6 Å². The molecule has 0 saturated heterocycles. The molecule has 2 aromatic carbocycles. The van der Waals surface area contributed by atoms with Crippen LogP contribution >= 0.6 is 11.3 Å². The average molecular weight is 295 g/mol. The predicted octanol–water partition coefficient (Wildman–Crippen LogP) is 5.08. The number of aromatic amines is 1. The van der Waals surface area contributed by atoms with E-state index in [2.05, 4.69) is 61.0 Å². The zero-order valence-corrected chi connectivity index (χ0v) is 13.8. The average Bonchev–Trinajstić information content (AvgIpc) is 2.99. The molecule has 20 heavy (non-hydrogen) atoms. The minimum Gasteiger partial charge on any atom is -0.361 e. The highest BCUT2D eigenvalue weighted by molar-refractivity contribution is 7.26. The fourth-order valence-electron chi connectivity index (χ4n) is 2.88. The first kappa shape index (κ1) is 12.2. The first-order valence-corrected chi connectivity index (χ1v) is 11.3. The van der Waals surface area contributed by atoms with Gasteiger partial charge in [0.25, 0.3) is 0 Å². The van der Waals surface area contributed by atoms with E-state index in [9.17, 15) is 0 Å². The molecule has 0 fully saturated rings. The highest BCUT2D eigenvalue weighted by atomic mass is 32.1. The molecule has 0 radical (unpaired) electrons. The monoisotopic (exact) mass is 295 g/mol. The van der Waals surface area contributed by atoms with Gasteiger partial charge in [0.1, 0.15) is 0 Å². The molecule has 0 bridgehead atoms. The topological polar surface area (TPSA) is 15.8 Å². The molecule has 2 heterocycles. The summed E-state index contributed by atoms with van der Waals surface area (Å²) in [5, 5.41) is 5.73. The molecule has 0 aliphatic rings. The molecule has 0 aliphatic heterocycles. The van der Waals surface area contributed by atoms with Crippen molar-refractivity contribution < 1.29 is 0 Å². The van der Waals surface area contributed by atoms with Gasteiger partial charge in [0.2, 0.25) is 0 Å². The Labute approximate surface area is 123 Å². The second-order valence-electron chi connectivity index (χ2n) is 6.44. The molecular formula is C17H17NSSi. The Balaban J connectivity index is 2.19. The van der Waals surface area contributed by atoms with Gasteiger partial charge in [-0.15, -0.1) is 11.3 Å². The number of fused-ring (bicyclic) bond motifs is 5. The number of benzene rings is 2. The first-order chi connectivity index (χ1) is 9.54. The lowest BCUT2D eigenvalue weighted by Crippen LogP contribution is -2.37. The van der Waals surface area contributed by atoms with Crippen LogP contribution < -0.4 is 5.19 Å². The lowest BCUT2D eigenvalue weighted by Gasteiger charge is -2.16. The van der Waals surface area contributed by atoms with Crippen molar-refractivity contribution >= 4 is 55.7 Å². The van der Waals surface area contributed by atoms with Crippen molar-refractivity contribution in [2.75, 3.05) is 0 Å². The molecule has 0 atom stereocenters. The smallest absolute Gasteiger partial charge is 0.0776 e. The zero-order chi connectivity index (χ0) is 13.9. The molecule has 2 aromatic heterocycles. The van der Waals surface area contributed by atoms with E-state index in [0.717, 1.165) is 0 Å². The number of hydrogen-bond donors (Lipinski definition) is 1. The van der Waals surface area contributed by atoms with Gasteiger partial charge in [-0.1, -0.05) is 37.0 Å². The molecule has 0 unspecified atom stereocenters. The maximum Gasteiger partial charge on any atom is 0.0776 e. The SMILES string of the molecule is C[Si](C)(C)c1ccc2sc3ccc4[nH]ccc4c3c2c1. The molecule has 0 spiro atoms. The standard InChI is InChI=1S/C17H17NSSi/c1-20(2,3)11-4-6-15-13(10-11)17-12-8-9-18-14(12)5-7-16(17)19-15/h4-10,18H,1-3H3. The maximum atomic E-state index is 3.32. The first-order valence-electron chi connectivity index (χ1n) is 6.97. The van der Waals surface area contributed by atoms with Gasteiger partial charge in [-0.2, -0.15) is 0 Å². The van der Waals surface area contributed by atoms with Crippen LogP contribution in [0.25, 0.3) is 31.1 Å². The van der Waals surface area contributed by atoms with E-state index in [0.29, 0.717) is 0 Å². The summed E-state index contributed by atoms with van der Waals surface area (Å²) >= 11 is 1.90. The Hall–Kier alpha value is -1.58. The van der Waals surface area contributed by atoms with Crippen LogP contribution in [0.5, 0.6) is 0 Å². The number of aromatic nitrogens is 1. The van der Waals surface area contributed by atoms with Crippen LogP contribution in [-0.2, 0) is 0 Å². The lowest BCUT2D eigenvalue weighted by molar-refractivity contribution is 1.48. The zero-order valence-electron chi connectivity index (χ0n) is 11.9. The Morgan fingerprint density at radius 2 is 1.70 bits per heavy atom. The van der Waals surface area contributed by atoms with E-state index < -0.39 is 8.07 Å². The van der Waals surface area contributed by atoms with Crippen LogP contribution in [0.2, 0.25) is 19.6 Å². The molecule has 0 aliphatic carbocycles. The summed E-state index contributed by atoms with van der Waals surface area (Å²) in [6, 6.07) is 13.7. The van der Waals surface area contributed by atoms with Crippen LogP contribution in [-0.4, -0.2) is 13.1 Å². The molecule has 4 aromatic rings. The Morgan fingerprint density at radius 1 is 0.900 bits per heavy atom. The van der Waals surface area contributed by atoms with Crippen molar-refractivity contribution in [3.63, 3.8) is 0 Å². The molecular weight excluding hydrogens is 278 g/mol. The highest BCUT2D eigenvalue weighted by Gasteiger charge is 2.18. The van der Waals surface area contributed by atoms with Crippen LogP contribution in [0.3, 0.4) is 0 Å². The highest BCUT2D eigenvalue weighted by Crippen LogP contribution is 2.37. The Morgan fingerprint density at radius 3 is 2.50 bits per heavy atom.